The lowest BCUT2D eigenvalue weighted by molar-refractivity contribution is 0.538. The summed E-state index contributed by atoms with van der Waals surface area (Å²) >= 11 is 5.78. The van der Waals surface area contributed by atoms with Gasteiger partial charge in [0.2, 0.25) is 0 Å². The molecule has 68 valence electrons. The topological polar surface area (TPSA) is 30.7 Å². The van der Waals surface area contributed by atoms with Crippen LogP contribution in [0.5, 0.6) is 0 Å². The normalized spacial score (nSPS) is 13.2. The second kappa shape index (κ2) is 4.45. The lowest BCUT2D eigenvalue weighted by atomic mass is 10.1. The summed E-state index contributed by atoms with van der Waals surface area (Å²) in [5.74, 6) is 2.24. The van der Waals surface area contributed by atoms with Gasteiger partial charge in [-0.3, -0.25) is 0 Å². The highest BCUT2D eigenvalue weighted by Crippen LogP contribution is 2.10. The van der Waals surface area contributed by atoms with Gasteiger partial charge in [-0.15, -0.1) is 21.8 Å². The van der Waals surface area contributed by atoms with E-state index < -0.39 is 0 Å². The summed E-state index contributed by atoms with van der Waals surface area (Å²) in [5.41, 5.74) is 0. The van der Waals surface area contributed by atoms with Crippen molar-refractivity contribution < 1.29 is 0 Å². The van der Waals surface area contributed by atoms with Crippen LogP contribution in [0.15, 0.2) is 6.33 Å². The first-order valence-electron chi connectivity index (χ1n) is 4.16. The number of aryl methyl sites for hydroxylation is 1. The van der Waals surface area contributed by atoms with Crippen molar-refractivity contribution in [1.29, 1.82) is 0 Å². The Morgan fingerprint density at radius 1 is 1.67 bits per heavy atom. The molecule has 0 N–H and O–H groups in total. The molecule has 1 unspecified atom stereocenters. The van der Waals surface area contributed by atoms with Gasteiger partial charge < -0.3 is 4.57 Å². The van der Waals surface area contributed by atoms with Crippen LogP contribution in [0.25, 0.3) is 0 Å². The van der Waals surface area contributed by atoms with Gasteiger partial charge in [0.1, 0.15) is 12.2 Å². The number of hydrogen-bond donors (Lipinski definition) is 0. The molecule has 0 radical (unpaired) electrons. The van der Waals surface area contributed by atoms with Gasteiger partial charge in [-0.2, -0.15) is 0 Å². The van der Waals surface area contributed by atoms with Gasteiger partial charge in [0.25, 0.3) is 0 Å². The van der Waals surface area contributed by atoms with E-state index in [0.29, 0.717) is 11.8 Å². The first kappa shape index (κ1) is 9.52. The molecule has 0 aliphatic carbocycles. The first-order valence-corrected chi connectivity index (χ1v) is 4.70. The Morgan fingerprint density at radius 2 is 2.42 bits per heavy atom. The van der Waals surface area contributed by atoms with E-state index in [-0.39, 0.29) is 0 Å². The van der Waals surface area contributed by atoms with E-state index in [2.05, 4.69) is 17.1 Å². The Balaban J connectivity index is 2.56. The molecule has 3 nitrogen and oxygen atoms in total. The SMILES string of the molecule is CCC(CCl)Cc1nncn1C. The molecule has 0 spiro atoms. The van der Waals surface area contributed by atoms with Crippen molar-refractivity contribution in [3.8, 4) is 0 Å². The largest absolute Gasteiger partial charge is 0.321 e. The van der Waals surface area contributed by atoms with E-state index in [9.17, 15) is 0 Å². The molecule has 0 amide bonds. The maximum Gasteiger partial charge on any atom is 0.132 e. The maximum atomic E-state index is 5.78. The van der Waals surface area contributed by atoms with Crippen LogP contribution >= 0.6 is 11.6 Å². The Morgan fingerprint density at radius 3 is 2.83 bits per heavy atom. The smallest absolute Gasteiger partial charge is 0.132 e. The van der Waals surface area contributed by atoms with Gasteiger partial charge in [0, 0.05) is 19.3 Å². The zero-order chi connectivity index (χ0) is 8.97. The third-order valence-electron chi connectivity index (χ3n) is 2.07. The van der Waals surface area contributed by atoms with Gasteiger partial charge in [-0.25, -0.2) is 0 Å². The number of rotatable bonds is 4. The third-order valence-corrected chi connectivity index (χ3v) is 2.51. The molecule has 0 saturated heterocycles. The molecule has 1 atom stereocenters. The molecule has 4 heteroatoms. The summed E-state index contributed by atoms with van der Waals surface area (Å²) in [6.45, 7) is 2.14. The molecule has 12 heavy (non-hydrogen) atoms. The van der Waals surface area contributed by atoms with Crippen LogP contribution in [-0.2, 0) is 13.5 Å². The minimum atomic E-state index is 0.523. The average Bonchev–Trinajstić information content (AvgIpc) is 2.47. The highest BCUT2D eigenvalue weighted by atomic mass is 35.5. The van der Waals surface area contributed by atoms with Gasteiger partial charge in [-0.1, -0.05) is 13.3 Å². The fraction of sp³-hybridized carbons (Fsp3) is 0.750. The van der Waals surface area contributed by atoms with E-state index in [1.807, 2.05) is 11.6 Å². The fourth-order valence-electron chi connectivity index (χ4n) is 1.06. The molecule has 1 aromatic heterocycles. The molecule has 1 rings (SSSR count). The molecule has 0 aliphatic rings. The van der Waals surface area contributed by atoms with Crippen molar-refractivity contribution in [3.05, 3.63) is 12.2 Å². The lowest BCUT2D eigenvalue weighted by Crippen LogP contribution is -2.09. The zero-order valence-electron chi connectivity index (χ0n) is 7.50. The molecule has 1 aromatic rings. The quantitative estimate of drug-likeness (QED) is 0.671. The summed E-state index contributed by atoms with van der Waals surface area (Å²) < 4.78 is 1.94. The number of hydrogen-bond acceptors (Lipinski definition) is 2. The van der Waals surface area contributed by atoms with Crippen molar-refractivity contribution in [2.24, 2.45) is 13.0 Å². The fourth-order valence-corrected chi connectivity index (χ4v) is 1.39. The Kier molecular flexibility index (Phi) is 3.53. The van der Waals surface area contributed by atoms with E-state index in [1.54, 1.807) is 6.33 Å². The van der Waals surface area contributed by atoms with E-state index in [1.165, 1.54) is 0 Å². The summed E-state index contributed by atoms with van der Waals surface area (Å²) in [4.78, 5) is 0. The molecule has 0 saturated carbocycles. The predicted octanol–water partition coefficient (Wildman–Crippen LogP) is 1.62. The van der Waals surface area contributed by atoms with Crippen LogP contribution < -0.4 is 0 Å². The lowest BCUT2D eigenvalue weighted by Gasteiger charge is -2.09. The van der Waals surface area contributed by atoms with Gasteiger partial charge >= 0.3 is 0 Å². The molecule has 0 fully saturated rings. The molecular weight excluding hydrogens is 174 g/mol. The highest BCUT2D eigenvalue weighted by Gasteiger charge is 2.09. The molecule has 0 bridgehead atoms. The van der Waals surface area contributed by atoms with Crippen LogP contribution in [0.2, 0.25) is 0 Å². The number of aromatic nitrogens is 3. The second-order valence-corrected chi connectivity index (χ2v) is 3.30. The standard InChI is InChI=1S/C8H14ClN3/c1-3-7(5-9)4-8-11-10-6-12(8)2/h6-7H,3-5H2,1-2H3. The first-order chi connectivity index (χ1) is 5.77. The molecule has 0 aliphatic heterocycles. The van der Waals surface area contributed by atoms with E-state index in [0.717, 1.165) is 18.7 Å². The van der Waals surface area contributed by atoms with Gasteiger partial charge in [0.05, 0.1) is 0 Å². The predicted molar refractivity (Wildman–Crippen MR) is 49.2 cm³/mol. The van der Waals surface area contributed by atoms with E-state index in [4.69, 9.17) is 11.6 Å². The minimum absolute atomic E-state index is 0.523. The van der Waals surface area contributed by atoms with Crippen LogP contribution in [0.3, 0.4) is 0 Å². The number of nitrogens with zero attached hydrogens (tertiary/aromatic N) is 3. The second-order valence-electron chi connectivity index (χ2n) is 2.99. The minimum Gasteiger partial charge on any atom is -0.321 e. The Bertz CT molecular complexity index is 230. The summed E-state index contributed by atoms with van der Waals surface area (Å²) in [6.07, 6.45) is 3.74. The van der Waals surface area contributed by atoms with Crippen molar-refractivity contribution in [1.82, 2.24) is 14.8 Å². The molecular formula is C8H14ClN3. The molecule has 1 heterocycles. The van der Waals surface area contributed by atoms with Crippen molar-refractivity contribution >= 4 is 11.6 Å². The van der Waals surface area contributed by atoms with Crippen LogP contribution in [0.1, 0.15) is 19.2 Å². The molecule has 0 aromatic carbocycles. The maximum absolute atomic E-state index is 5.78. The van der Waals surface area contributed by atoms with Crippen molar-refractivity contribution in [2.45, 2.75) is 19.8 Å². The summed E-state index contributed by atoms with van der Waals surface area (Å²) in [5, 5.41) is 7.82. The average molecular weight is 188 g/mol. The van der Waals surface area contributed by atoms with Crippen LogP contribution in [-0.4, -0.2) is 20.6 Å². The highest BCUT2D eigenvalue weighted by molar-refractivity contribution is 6.18. The van der Waals surface area contributed by atoms with Crippen LogP contribution in [0.4, 0.5) is 0 Å². The zero-order valence-corrected chi connectivity index (χ0v) is 8.25. The third kappa shape index (κ3) is 2.21. The Hall–Kier alpha value is -0.570. The summed E-state index contributed by atoms with van der Waals surface area (Å²) in [7, 11) is 1.95. The number of alkyl halides is 1. The van der Waals surface area contributed by atoms with Crippen LogP contribution in [0, 0.1) is 5.92 Å². The monoisotopic (exact) mass is 187 g/mol. The summed E-state index contributed by atoms with van der Waals surface area (Å²) in [6, 6.07) is 0. The van der Waals surface area contributed by atoms with E-state index >= 15 is 0 Å². The van der Waals surface area contributed by atoms with Gasteiger partial charge in [0.15, 0.2) is 0 Å². The van der Waals surface area contributed by atoms with Gasteiger partial charge in [-0.05, 0) is 5.92 Å². The van der Waals surface area contributed by atoms with Crippen molar-refractivity contribution in [2.75, 3.05) is 5.88 Å². The Labute approximate surface area is 77.8 Å². The number of halogens is 1. The van der Waals surface area contributed by atoms with Crippen molar-refractivity contribution in [3.63, 3.8) is 0 Å².